The molecule has 13 heteroatoms. The number of hydrogen-bond acceptors (Lipinski definition) is 8. The van der Waals surface area contributed by atoms with Crippen LogP contribution in [0.25, 0.3) is 0 Å². The minimum Gasteiger partial charge on any atom is -0.481 e. The summed E-state index contributed by atoms with van der Waals surface area (Å²) >= 11 is 0. The molecule has 0 aliphatic rings. The van der Waals surface area contributed by atoms with Crippen molar-refractivity contribution in [3.05, 3.63) is 0 Å². The lowest BCUT2D eigenvalue weighted by Gasteiger charge is -2.26. The fourth-order valence-electron chi connectivity index (χ4n) is 1.99. The van der Waals surface area contributed by atoms with E-state index in [-0.39, 0.29) is 0 Å². The average molecular weight is 406 g/mol. The Labute approximate surface area is 160 Å². The van der Waals surface area contributed by atoms with Gasteiger partial charge in [0.1, 0.15) is 18.1 Å². The molecular formula is C15H26N4O9. The molecule has 0 fully saturated rings. The zero-order valence-electron chi connectivity index (χ0n) is 15.4. The summed E-state index contributed by atoms with van der Waals surface area (Å²) < 4.78 is 0. The molecule has 0 spiro atoms. The van der Waals surface area contributed by atoms with Gasteiger partial charge in [0.05, 0.1) is 25.7 Å². The van der Waals surface area contributed by atoms with Crippen LogP contribution in [0.4, 0.5) is 0 Å². The van der Waals surface area contributed by atoms with Crippen molar-refractivity contribution in [2.75, 3.05) is 13.2 Å². The van der Waals surface area contributed by atoms with Crippen LogP contribution < -0.4 is 21.7 Å². The average Bonchev–Trinajstić information content (AvgIpc) is 2.59. The molecule has 0 aromatic heterocycles. The van der Waals surface area contributed by atoms with Crippen molar-refractivity contribution >= 4 is 29.7 Å². The third-order valence-corrected chi connectivity index (χ3v) is 3.59. The summed E-state index contributed by atoms with van der Waals surface area (Å²) in [5.74, 6) is -6.15. The van der Waals surface area contributed by atoms with Crippen molar-refractivity contribution in [3.8, 4) is 0 Å². The number of rotatable bonds is 12. The van der Waals surface area contributed by atoms with Crippen LogP contribution in [0.5, 0.6) is 0 Å². The van der Waals surface area contributed by atoms with Gasteiger partial charge in [-0.3, -0.25) is 19.2 Å². The minimum absolute atomic E-state index is 0.493. The molecule has 0 saturated heterocycles. The molecule has 4 atom stereocenters. The molecule has 0 aliphatic heterocycles. The van der Waals surface area contributed by atoms with Gasteiger partial charge in [-0.2, -0.15) is 0 Å². The van der Waals surface area contributed by atoms with Crippen LogP contribution in [0, 0.1) is 5.92 Å². The molecule has 0 rings (SSSR count). The van der Waals surface area contributed by atoms with E-state index in [1.807, 2.05) is 5.32 Å². The largest absolute Gasteiger partial charge is 0.481 e. The lowest BCUT2D eigenvalue weighted by Crippen LogP contribution is -2.59. The predicted molar refractivity (Wildman–Crippen MR) is 92.7 cm³/mol. The van der Waals surface area contributed by atoms with Crippen LogP contribution in [0.1, 0.15) is 20.3 Å². The van der Waals surface area contributed by atoms with Gasteiger partial charge in [0.15, 0.2) is 0 Å². The number of amides is 3. The molecule has 13 nitrogen and oxygen atoms in total. The van der Waals surface area contributed by atoms with Crippen LogP contribution >= 0.6 is 0 Å². The van der Waals surface area contributed by atoms with E-state index < -0.39 is 79.4 Å². The summed E-state index contributed by atoms with van der Waals surface area (Å²) in [6, 6.07) is -5.79. The van der Waals surface area contributed by atoms with E-state index in [4.69, 9.17) is 21.1 Å². The van der Waals surface area contributed by atoms with Gasteiger partial charge in [-0.1, -0.05) is 13.8 Å². The molecule has 0 aromatic rings. The molecule has 0 bridgehead atoms. The number of nitrogens with one attached hydrogen (secondary N) is 3. The van der Waals surface area contributed by atoms with Gasteiger partial charge in [-0.15, -0.1) is 0 Å². The van der Waals surface area contributed by atoms with Crippen molar-refractivity contribution in [2.24, 2.45) is 11.7 Å². The fraction of sp³-hybridized carbons (Fsp3) is 0.667. The number of carbonyl (C=O) groups is 5. The third kappa shape index (κ3) is 8.28. The van der Waals surface area contributed by atoms with Gasteiger partial charge in [-0.25, -0.2) is 4.79 Å². The molecule has 160 valence electrons. The lowest BCUT2D eigenvalue weighted by molar-refractivity contribution is -0.143. The zero-order chi connectivity index (χ0) is 22.0. The molecule has 4 unspecified atom stereocenters. The Morgan fingerprint density at radius 2 is 1.32 bits per heavy atom. The summed E-state index contributed by atoms with van der Waals surface area (Å²) in [5.41, 5.74) is 5.43. The highest BCUT2D eigenvalue weighted by Gasteiger charge is 2.31. The minimum atomic E-state index is -1.63. The highest BCUT2D eigenvalue weighted by atomic mass is 16.4. The number of aliphatic carboxylic acids is 2. The van der Waals surface area contributed by atoms with Crippen molar-refractivity contribution in [2.45, 2.75) is 44.4 Å². The second kappa shape index (κ2) is 11.8. The number of hydrogen-bond donors (Lipinski definition) is 8. The fourth-order valence-corrected chi connectivity index (χ4v) is 1.99. The lowest BCUT2D eigenvalue weighted by atomic mass is 10.0. The topological polar surface area (TPSA) is 228 Å². The van der Waals surface area contributed by atoms with Crippen LogP contribution in [0.3, 0.4) is 0 Å². The molecule has 28 heavy (non-hydrogen) atoms. The van der Waals surface area contributed by atoms with Crippen LogP contribution in [-0.4, -0.2) is 87.5 Å². The Bertz CT molecular complexity index is 596. The van der Waals surface area contributed by atoms with Crippen LogP contribution in [0.15, 0.2) is 0 Å². The van der Waals surface area contributed by atoms with Crippen LogP contribution in [0.2, 0.25) is 0 Å². The highest BCUT2D eigenvalue weighted by Crippen LogP contribution is 2.04. The van der Waals surface area contributed by atoms with Gasteiger partial charge in [0, 0.05) is 0 Å². The van der Waals surface area contributed by atoms with Gasteiger partial charge in [-0.05, 0) is 5.92 Å². The van der Waals surface area contributed by atoms with E-state index in [1.54, 1.807) is 13.8 Å². The molecule has 0 radical (unpaired) electrons. The van der Waals surface area contributed by atoms with Gasteiger partial charge in [0.25, 0.3) is 0 Å². The molecule has 0 aliphatic carbocycles. The SMILES string of the molecule is CC(C)C(NC(=O)C(N)CC(=O)O)C(=O)NC(CO)C(=O)NC(CO)C(=O)O. The quantitative estimate of drug-likeness (QED) is 0.156. The Morgan fingerprint density at radius 1 is 0.821 bits per heavy atom. The maximum Gasteiger partial charge on any atom is 0.328 e. The van der Waals surface area contributed by atoms with Crippen molar-refractivity contribution < 1.29 is 44.4 Å². The number of carboxylic acid groups (broad SMARTS) is 2. The van der Waals surface area contributed by atoms with Crippen molar-refractivity contribution in [1.29, 1.82) is 0 Å². The standard InChI is InChI=1S/C15H26N4O9/c1-6(2)11(19-12(24)7(16)3-10(22)23)14(26)17-8(4-20)13(25)18-9(5-21)15(27)28/h6-9,11,20-21H,3-5,16H2,1-2H3,(H,17,26)(H,18,25)(H,19,24)(H,22,23)(H,27,28). The molecule has 0 aromatic carbocycles. The summed E-state index contributed by atoms with van der Waals surface area (Å²) in [6.07, 6.45) is -0.655. The first-order valence-electron chi connectivity index (χ1n) is 8.27. The second-order valence-electron chi connectivity index (χ2n) is 6.26. The summed E-state index contributed by atoms with van der Waals surface area (Å²) in [6.45, 7) is 1.34. The normalized spacial score (nSPS) is 15.1. The molecule has 0 saturated carbocycles. The summed E-state index contributed by atoms with van der Waals surface area (Å²) in [7, 11) is 0. The Balaban J connectivity index is 5.09. The number of aliphatic hydroxyl groups is 2. The van der Waals surface area contributed by atoms with E-state index in [1.165, 1.54) is 0 Å². The van der Waals surface area contributed by atoms with E-state index >= 15 is 0 Å². The van der Waals surface area contributed by atoms with E-state index in [2.05, 4.69) is 10.6 Å². The Hall–Kier alpha value is -2.77. The Morgan fingerprint density at radius 3 is 1.71 bits per heavy atom. The maximum absolute atomic E-state index is 12.4. The maximum atomic E-state index is 12.4. The molecule has 3 amide bonds. The predicted octanol–water partition coefficient (Wildman–Crippen LogP) is -4.03. The zero-order valence-corrected chi connectivity index (χ0v) is 15.4. The van der Waals surface area contributed by atoms with Gasteiger partial charge in [0.2, 0.25) is 17.7 Å². The molecule has 9 N–H and O–H groups in total. The molecular weight excluding hydrogens is 380 g/mol. The first kappa shape index (κ1) is 25.2. The van der Waals surface area contributed by atoms with Gasteiger partial charge < -0.3 is 42.1 Å². The van der Waals surface area contributed by atoms with E-state index in [0.717, 1.165) is 0 Å². The molecule has 0 heterocycles. The smallest absolute Gasteiger partial charge is 0.328 e. The van der Waals surface area contributed by atoms with E-state index in [0.29, 0.717) is 0 Å². The van der Waals surface area contributed by atoms with E-state index in [9.17, 15) is 29.1 Å². The highest BCUT2D eigenvalue weighted by molar-refractivity contribution is 5.94. The van der Waals surface area contributed by atoms with Crippen molar-refractivity contribution in [3.63, 3.8) is 0 Å². The first-order chi connectivity index (χ1) is 12.9. The number of carboxylic acids is 2. The third-order valence-electron chi connectivity index (χ3n) is 3.59. The Kier molecular flexibility index (Phi) is 10.7. The monoisotopic (exact) mass is 406 g/mol. The summed E-state index contributed by atoms with van der Waals surface area (Å²) in [4.78, 5) is 57.8. The van der Waals surface area contributed by atoms with Gasteiger partial charge >= 0.3 is 11.9 Å². The second-order valence-corrected chi connectivity index (χ2v) is 6.26. The van der Waals surface area contributed by atoms with Crippen LogP contribution in [-0.2, 0) is 24.0 Å². The first-order valence-corrected chi connectivity index (χ1v) is 8.27. The number of carbonyl (C=O) groups excluding carboxylic acids is 3. The summed E-state index contributed by atoms with van der Waals surface area (Å²) in [5, 5.41) is 42.0. The number of aliphatic hydroxyl groups excluding tert-OH is 2. The number of nitrogens with two attached hydrogens (primary N) is 1. The van der Waals surface area contributed by atoms with Crippen molar-refractivity contribution in [1.82, 2.24) is 16.0 Å².